The Morgan fingerprint density at radius 3 is 2.39 bits per heavy atom. The standard InChI is InChI=1S/C18H18INO3/c1-13(14-5-3-2-4-6-14)11-18(22)23-12-17(21)20-16-9-7-15(19)8-10-16/h2-10,13H,11-12H2,1H3,(H,20,21). The molecule has 5 heteroatoms. The number of anilines is 1. The second-order valence-corrected chi connectivity index (χ2v) is 6.48. The lowest BCUT2D eigenvalue weighted by Gasteiger charge is -2.11. The molecule has 4 nitrogen and oxygen atoms in total. The highest BCUT2D eigenvalue weighted by atomic mass is 127. The van der Waals surface area contributed by atoms with Crippen molar-refractivity contribution in [1.29, 1.82) is 0 Å². The number of nitrogens with one attached hydrogen (secondary N) is 1. The second kappa shape index (κ2) is 8.67. The van der Waals surface area contributed by atoms with Crippen molar-refractivity contribution in [2.45, 2.75) is 19.3 Å². The fraction of sp³-hybridized carbons (Fsp3) is 0.222. The van der Waals surface area contributed by atoms with Gasteiger partial charge in [0.05, 0.1) is 6.42 Å². The van der Waals surface area contributed by atoms with Crippen molar-refractivity contribution in [3.63, 3.8) is 0 Å². The Kier molecular flexibility index (Phi) is 6.58. The summed E-state index contributed by atoms with van der Waals surface area (Å²) in [5.74, 6) is -0.658. The molecule has 0 fully saturated rings. The van der Waals surface area contributed by atoms with E-state index in [2.05, 4.69) is 27.9 Å². The van der Waals surface area contributed by atoms with Gasteiger partial charge < -0.3 is 10.1 Å². The summed E-state index contributed by atoms with van der Waals surface area (Å²) in [5, 5.41) is 2.69. The maximum Gasteiger partial charge on any atom is 0.306 e. The van der Waals surface area contributed by atoms with Crippen LogP contribution in [0.2, 0.25) is 0 Å². The zero-order chi connectivity index (χ0) is 16.7. The Balaban J connectivity index is 1.75. The van der Waals surface area contributed by atoms with Crippen molar-refractivity contribution in [2.24, 2.45) is 0 Å². The zero-order valence-electron chi connectivity index (χ0n) is 12.8. The van der Waals surface area contributed by atoms with Gasteiger partial charge in [-0.05, 0) is 58.3 Å². The van der Waals surface area contributed by atoms with Gasteiger partial charge in [-0.2, -0.15) is 0 Å². The number of amides is 1. The van der Waals surface area contributed by atoms with Gasteiger partial charge in [-0.25, -0.2) is 0 Å². The summed E-state index contributed by atoms with van der Waals surface area (Å²) in [6.07, 6.45) is 0.251. The van der Waals surface area contributed by atoms with Crippen LogP contribution < -0.4 is 5.32 Å². The smallest absolute Gasteiger partial charge is 0.306 e. The van der Waals surface area contributed by atoms with E-state index in [1.807, 2.05) is 49.4 Å². The third-order valence-electron chi connectivity index (χ3n) is 3.33. The summed E-state index contributed by atoms with van der Waals surface area (Å²) < 4.78 is 6.12. The monoisotopic (exact) mass is 423 g/mol. The molecule has 0 aliphatic heterocycles. The summed E-state index contributed by atoms with van der Waals surface area (Å²) in [6, 6.07) is 17.1. The molecule has 0 aliphatic carbocycles. The molecule has 23 heavy (non-hydrogen) atoms. The minimum atomic E-state index is -0.376. The first-order valence-electron chi connectivity index (χ1n) is 7.30. The minimum Gasteiger partial charge on any atom is -0.456 e. The minimum absolute atomic E-state index is 0.0583. The third kappa shape index (κ3) is 6.02. The summed E-state index contributed by atoms with van der Waals surface area (Å²) in [4.78, 5) is 23.6. The SMILES string of the molecule is CC(CC(=O)OCC(=O)Nc1ccc(I)cc1)c1ccccc1. The van der Waals surface area contributed by atoms with Crippen LogP contribution in [-0.4, -0.2) is 18.5 Å². The average Bonchev–Trinajstić information content (AvgIpc) is 2.56. The number of ether oxygens (including phenoxy) is 1. The van der Waals surface area contributed by atoms with Crippen molar-refractivity contribution in [1.82, 2.24) is 0 Å². The Labute approximate surface area is 149 Å². The molecular weight excluding hydrogens is 405 g/mol. The number of halogens is 1. The maximum absolute atomic E-state index is 11.8. The summed E-state index contributed by atoms with van der Waals surface area (Å²) in [5.41, 5.74) is 1.76. The van der Waals surface area contributed by atoms with Gasteiger partial charge in [0, 0.05) is 9.26 Å². The molecule has 1 N–H and O–H groups in total. The largest absolute Gasteiger partial charge is 0.456 e. The van der Waals surface area contributed by atoms with Crippen LogP contribution in [0.3, 0.4) is 0 Å². The van der Waals surface area contributed by atoms with Crippen LogP contribution in [0.25, 0.3) is 0 Å². The van der Waals surface area contributed by atoms with E-state index >= 15 is 0 Å². The van der Waals surface area contributed by atoms with Crippen LogP contribution in [0.15, 0.2) is 54.6 Å². The normalized spacial score (nSPS) is 11.6. The lowest BCUT2D eigenvalue weighted by Crippen LogP contribution is -2.21. The van der Waals surface area contributed by atoms with Crippen LogP contribution in [0, 0.1) is 3.57 Å². The molecule has 0 heterocycles. The molecule has 120 valence electrons. The number of hydrogen-bond donors (Lipinski definition) is 1. The van der Waals surface area contributed by atoms with E-state index in [0.29, 0.717) is 5.69 Å². The van der Waals surface area contributed by atoms with Gasteiger partial charge in [0.25, 0.3) is 5.91 Å². The van der Waals surface area contributed by atoms with Crippen LogP contribution in [0.5, 0.6) is 0 Å². The van der Waals surface area contributed by atoms with Crippen LogP contribution >= 0.6 is 22.6 Å². The van der Waals surface area contributed by atoms with Gasteiger partial charge in [-0.15, -0.1) is 0 Å². The molecule has 0 saturated carbocycles. The van der Waals surface area contributed by atoms with Gasteiger partial charge in [0.2, 0.25) is 0 Å². The fourth-order valence-corrected chi connectivity index (χ4v) is 2.44. The predicted molar refractivity (Wildman–Crippen MR) is 98.2 cm³/mol. The third-order valence-corrected chi connectivity index (χ3v) is 4.05. The van der Waals surface area contributed by atoms with Crippen molar-refractivity contribution in [3.05, 3.63) is 63.7 Å². The van der Waals surface area contributed by atoms with E-state index in [1.54, 1.807) is 12.1 Å². The zero-order valence-corrected chi connectivity index (χ0v) is 14.9. The van der Waals surface area contributed by atoms with E-state index in [9.17, 15) is 9.59 Å². The summed E-state index contributed by atoms with van der Waals surface area (Å²) in [6.45, 7) is 1.69. The molecule has 1 amide bonds. The average molecular weight is 423 g/mol. The number of carbonyl (C=O) groups is 2. The van der Waals surface area contributed by atoms with Crippen molar-refractivity contribution in [3.8, 4) is 0 Å². The molecule has 0 aliphatic rings. The van der Waals surface area contributed by atoms with Gasteiger partial charge in [0.15, 0.2) is 6.61 Å². The molecule has 0 radical (unpaired) electrons. The van der Waals surface area contributed by atoms with E-state index in [1.165, 1.54) is 0 Å². The Morgan fingerprint density at radius 1 is 1.09 bits per heavy atom. The van der Waals surface area contributed by atoms with Gasteiger partial charge in [-0.1, -0.05) is 37.3 Å². The molecule has 0 spiro atoms. The molecule has 2 rings (SSSR count). The first kappa shape index (κ1) is 17.5. The van der Waals surface area contributed by atoms with E-state index in [0.717, 1.165) is 9.13 Å². The second-order valence-electron chi connectivity index (χ2n) is 5.23. The molecule has 0 aromatic heterocycles. The molecule has 2 aromatic rings. The summed E-state index contributed by atoms with van der Waals surface area (Å²) >= 11 is 2.19. The number of benzene rings is 2. The van der Waals surface area contributed by atoms with Crippen molar-refractivity contribution < 1.29 is 14.3 Å². The predicted octanol–water partition coefficient (Wildman–Crippen LogP) is 3.97. The summed E-state index contributed by atoms with van der Waals surface area (Å²) in [7, 11) is 0. The number of rotatable bonds is 6. The quantitative estimate of drug-likeness (QED) is 0.565. The van der Waals surface area contributed by atoms with E-state index in [-0.39, 0.29) is 30.8 Å². The van der Waals surface area contributed by atoms with Crippen LogP contribution in [-0.2, 0) is 14.3 Å². The van der Waals surface area contributed by atoms with Gasteiger partial charge in [0.1, 0.15) is 0 Å². The first-order valence-corrected chi connectivity index (χ1v) is 8.38. The highest BCUT2D eigenvalue weighted by Crippen LogP contribution is 2.18. The fourth-order valence-electron chi connectivity index (χ4n) is 2.08. The van der Waals surface area contributed by atoms with E-state index < -0.39 is 0 Å². The lowest BCUT2D eigenvalue weighted by molar-refractivity contribution is -0.147. The van der Waals surface area contributed by atoms with Crippen LogP contribution in [0.4, 0.5) is 5.69 Å². The maximum atomic E-state index is 11.8. The van der Waals surface area contributed by atoms with Gasteiger partial charge >= 0.3 is 5.97 Å². The molecule has 0 bridgehead atoms. The number of carbonyl (C=O) groups excluding carboxylic acids is 2. The van der Waals surface area contributed by atoms with E-state index in [4.69, 9.17) is 4.74 Å². The highest BCUT2D eigenvalue weighted by molar-refractivity contribution is 14.1. The molecule has 2 aromatic carbocycles. The molecular formula is C18H18INO3. The highest BCUT2D eigenvalue weighted by Gasteiger charge is 2.13. The molecule has 0 saturated heterocycles. The van der Waals surface area contributed by atoms with Crippen molar-refractivity contribution in [2.75, 3.05) is 11.9 Å². The Morgan fingerprint density at radius 2 is 1.74 bits per heavy atom. The Hall–Kier alpha value is -1.89. The first-order chi connectivity index (χ1) is 11.0. The lowest BCUT2D eigenvalue weighted by atomic mass is 9.98. The molecule has 1 unspecified atom stereocenters. The van der Waals surface area contributed by atoms with Crippen LogP contribution in [0.1, 0.15) is 24.8 Å². The topological polar surface area (TPSA) is 55.4 Å². The molecule has 1 atom stereocenters. The van der Waals surface area contributed by atoms with Crippen molar-refractivity contribution >= 4 is 40.2 Å². The van der Waals surface area contributed by atoms with Gasteiger partial charge in [-0.3, -0.25) is 9.59 Å². The number of esters is 1. The number of hydrogen-bond acceptors (Lipinski definition) is 3. The Bertz CT molecular complexity index is 656.